The Balaban J connectivity index is 2.21. The normalized spacial score (nSPS) is 25.4. The van der Waals surface area contributed by atoms with Crippen molar-refractivity contribution < 1.29 is 0 Å². The van der Waals surface area contributed by atoms with E-state index in [4.69, 9.17) is 17.3 Å². The van der Waals surface area contributed by atoms with Crippen LogP contribution in [0.2, 0.25) is 5.02 Å². The summed E-state index contributed by atoms with van der Waals surface area (Å²) in [7, 11) is 4.32. The fourth-order valence-corrected chi connectivity index (χ4v) is 3.63. The predicted molar refractivity (Wildman–Crippen MR) is 86.2 cm³/mol. The SMILES string of the molecule is Cc1cc(Cl)ccc1C(CN)N1CC(C)C(N(C)C)C1. The molecule has 1 aromatic rings. The van der Waals surface area contributed by atoms with Crippen molar-refractivity contribution in [1.82, 2.24) is 9.80 Å². The molecule has 3 atom stereocenters. The number of aryl methyl sites for hydroxylation is 1. The average molecular weight is 296 g/mol. The Bertz CT molecular complexity index is 461. The highest BCUT2D eigenvalue weighted by atomic mass is 35.5. The van der Waals surface area contributed by atoms with Gasteiger partial charge in [-0.15, -0.1) is 0 Å². The maximum absolute atomic E-state index is 6.07. The Labute approximate surface area is 127 Å². The first-order chi connectivity index (χ1) is 9.43. The van der Waals surface area contributed by atoms with Gasteiger partial charge in [0.15, 0.2) is 0 Å². The Kier molecular flexibility index (Phi) is 5.08. The van der Waals surface area contributed by atoms with Crippen molar-refractivity contribution in [2.24, 2.45) is 11.7 Å². The van der Waals surface area contributed by atoms with Crippen molar-refractivity contribution in [1.29, 1.82) is 0 Å². The first-order valence-electron chi connectivity index (χ1n) is 7.30. The van der Waals surface area contributed by atoms with E-state index in [0.717, 1.165) is 18.1 Å². The number of hydrogen-bond donors (Lipinski definition) is 1. The van der Waals surface area contributed by atoms with Crippen molar-refractivity contribution in [2.75, 3.05) is 33.7 Å². The number of benzene rings is 1. The van der Waals surface area contributed by atoms with Crippen LogP contribution in [0.4, 0.5) is 0 Å². The molecule has 0 spiro atoms. The Hall–Kier alpha value is -0.610. The molecule has 2 N–H and O–H groups in total. The lowest BCUT2D eigenvalue weighted by Gasteiger charge is -2.29. The van der Waals surface area contributed by atoms with E-state index < -0.39 is 0 Å². The second-order valence-electron chi connectivity index (χ2n) is 6.21. The third-order valence-electron chi connectivity index (χ3n) is 4.52. The van der Waals surface area contributed by atoms with Crippen LogP contribution in [0, 0.1) is 12.8 Å². The third-order valence-corrected chi connectivity index (χ3v) is 4.75. The summed E-state index contributed by atoms with van der Waals surface area (Å²) in [6.07, 6.45) is 0. The van der Waals surface area contributed by atoms with Gasteiger partial charge >= 0.3 is 0 Å². The van der Waals surface area contributed by atoms with E-state index in [-0.39, 0.29) is 0 Å². The molecule has 4 heteroatoms. The highest BCUT2D eigenvalue weighted by Gasteiger charge is 2.35. The summed E-state index contributed by atoms with van der Waals surface area (Å²) in [5.41, 5.74) is 8.61. The number of nitrogens with zero attached hydrogens (tertiary/aromatic N) is 2. The summed E-state index contributed by atoms with van der Waals surface area (Å²) in [6.45, 7) is 7.28. The molecule has 1 fully saturated rings. The van der Waals surface area contributed by atoms with Crippen LogP contribution < -0.4 is 5.73 Å². The van der Waals surface area contributed by atoms with Crippen LogP contribution in [-0.2, 0) is 0 Å². The second-order valence-corrected chi connectivity index (χ2v) is 6.65. The molecule has 0 radical (unpaired) electrons. The lowest BCUT2D eigenvalue weighted by molar-refractivity contribution is 0.219. The Morgan fingerprint density at radius 3 is 2.60 bits per heavy atom. The molecule has 3 nitrogen and oxygen atoms in total. The van der Waals surface area contributed by atoms with Gasteiger partial charge in [0, 0.05) is 36.7 Å². The van der Waals surface area contributed by atoms with Crippen molar-refractivity contribution in [3.05, 3.63) is 34.3 Å². The largest absolute Gasteiger partial charge is 0.329 e. The summed E-state index contributed by atoms with van der Waals surface area (Å²) < 4.78 is 0. The molecule has 0 bridgehead atoms. The van der Waals surface area contributed by atoms with Gasteiger partial charge in [0.25, 0.3) is 0 Å². The van der Waals surface area contributed by atoms with Gasteiger partial charge in [-0.3, -0.25) is 4.90 Å². The van der Waals surface area contributed by atoms with Gasteiger partial charge in [-0.2, -0.15) is 0 Å². The molecular weight excluding hydrogens is 270 g/mol. The van der Waals surface area contributed by atoms with E-state index in [2.05, 4.69) is 43.8 Å². The zero-order chi connectivity index (χ0) is 14.9. The number of nitrogens with two attached hydrogens (primary N) is 1. The molecule has 0 amide bonds. The van der Waals surface area contributed by atoms with E-state index in [1.807, 2.05) is 12.1 Å². The zero-order valence-corrected chi connectivity index (χ0v) is 13.7. The maximum Gasteiger partial charge on any atom is 0.0473 e. The minimum atomic E-state index is 0.291. The highest BCUT2D eigenvalue weighted by molar-refractivity contribution is 6.30. The molecule has 2 rings (SSSR count). The van der Waals surface area contributed by atoms with E-state index in [9.17, 15) is 0 Å². The topological polar surface area (TPSA) is 32.5 Å². The lowest BCUT2D eigenvalue weighted by Crippen LogP contribution is -2.36. The molecule has 3 unspecified atom stereocenters. The first-order valence-corrected chi connectivity index (χ1v) is 7.68. The minimum Gasteiger partial charge on any atom is -0.329 e. The number of rotatable bonds is 4. The van der Waals surface area contributed by atoms with Gasteiger partial charge in [0.2, 0.25) is 0 Å². The monoisotopic (exact) mass is 295 g/mol. The molecule has 20 heavy (non-hydrogen) atoms. The van der Waals surface area contributed by atoms with Crippen LogP contribution in [0.3, 0.4) is 0 Å². The molecule has 0 aliphatic carbocycles. The standard InChI is InChI=1S/C16H26ClN3/c1-11-7-13(17)5-6-14(11)15(8-18)20-9-12(2)16(10-20)19(3)4/h5-7,12,15-16H,8-10,18H2,1-4H3. The third kappa shape index (κ3) is 3.17. The molecule has 1 heterocycles. The number of hydrogen-bond acceptors (Lipinski definition) is 3. The zero-order valence-electron chi connectivity index (χ0n) is 12.9. The fraction of sp³-hybridized carbons (Fsp3) is 0.625. The molecule has 0 saturated carbocycles. The predicted octanol–water partition coefficient (Wildman–Crippen LogP) is 2.53. The second kappa shape index (κ2) is 6.44. The van der Waals surface area contributed by atoms with E-state index in [1.54, 1.807) is 0 Å². The van der Waals surface area contributed by atoms with Gasteiger partial charge in [-0.25, -0.2) is 0 Å². The quantitative estimate of drug-likeness (QED) is 0.926. The van der Waals surface area contributed by atoms with Crippen molar-refractivity contribution in [3.8, 4) is 0 Å². The molecule has 1 aliphatic heterocycles. The lowest BCUT2D eigenvalue weighted by atomic mass is 10.00. The van der Waals surface area contributed by atoms with Crippen LogP contribution in [-0.4, -0.2) is 49.6 Å². The van der Waals surface area contributed by atoms with Crippen LogP contribution in [0.1, 0.15) is 24.1 Å². The van der Waals surface area contributed by atoms with Gasteiger partial charge < -0.3 is 10.6 Å². The van der Waals surface area contributed by atoms with Crippen LogP contribution in [0.15, 0.2) is 18.2 Å². The summed E-state index contributed by atoms with van der Waals surface area (Å²) >= 11 is 6.06. The Morgan fingerprint density at radius 1 is 1.40 bits per heavy atom. The number of likely N-dealkylation sites (N-methyl/N-ethyl adjacent to an activating group) is 1. The summed E-state index contributed by atoms with van der Waals surface area (Å²) in [4.78, 5) is 4.85. The summed E-state index contributed by atoms with van der Waals surface area (Å²) in [5, 5.41) is 0.794. The molecule has 1 aliphatic rings. The molecular formula is C16H26ClN3. The smallest absolute Gasteiger partial charge is 0.0473 e. The highest BCUT2D eigenvalue weighted by Crippen LogP contribution is 2.31. The molecule has 112 valence electrons. The van der Waals surface area contributed by atoms with Gasteiger partial charge in [0.1, 0.15) is 0 Å². The fourth-order valence-electron chi connectivity index (χ4n) is 3.40. The molecule has 0 aromatic heterocycles. The summed E-state index contributed by atoms with van der Waals surface area (Å²) in [6, 6.07) is 7.03. The van der Waals surface area contributed by atoms with E-state index in [0.29, 0.717) is 24.5 Å². The van der Waals surface area contributed by atoms with Crippen molar-refractivity contribution in [2.45, 2.75) is 25.9 Å². The van der Waals surface area contributed by atoms with Gasteiger partial charge in [0.05, 0.1) is 0 Å². The Morgan fingerprint density at radius 2 is 2.10 bits per heavy atom. The van der Waals surface area contributed by atoms with Crippen molar-refractivity contribution in [3.63, 3.8) is 0 Å². The van der Waals surface area contributed by atoms with Crippen LogP contribution >= 0.6 is 11.6 Å². The van der Waals surface area contributed by atoms with E-state index >= 15 is 0 Å². The minimum absolute atomic E-state index is 0.291. The van der Waals surface area contributed by atoms with E-state index in [1.165, 1.54) is 11.1 Å². The molecule has 1 aromatic carbocycles. The van der Waals surface area contributed by atoms with Gasteiger partial charge in [-0.05, 0) is 50.2 Å². The van der Waals surface area contributed by atoms with Crippen LogP contribution in [0.5, 0.6) is 0 Å². The molecule has 1 saturated heterocycles. The summed E-state index contributed by atoms with van der Waals surface area (Å²) in [5.74, 6) is 0.673. The number of likely N-dealkylation sites (tertiary alicyclic amines) is 1. The van der Waals surface area contributed by atoms with Gasteiger partial charge in [-0.1, -0.05) is 24.6 Å². The number of halogens is 1. The first kappa shape index (κ1) is 15.8. The average Bonchev–Trinajstić information content (AvgIpc) is 2.75. The van der Waals surface area contributed by atoms with Crippen LogP contribution in [0.25, 0.3) is 0 Å². The van der Waals surface area contributed by atoms with Crippen molar-refractivity contribution >= 4 is 11.6 Å². The maximum atomic E-state index is 6.07.